The first kappa shape index (κ1) is 18.2. The lowest BCUT2D eigenvalue weighted by molar-refractivity contribution is -0.141. The van der Waals surface area contributed by atoms with E-state index >= 15 is 0 Å². The van der Waals surface area contributed by atoms with Crippen molar-refractivity contribution < 1.29 is 23.8 Å². The number of halogens is 1. The molecule has 25 heavy (non-hydrogen) atoms. The maximum absolute atomic E-state index is 12.6. The Hall–Kier alpha value is -1.58. The van der Waals surface area contributed by atoms with E-state index < -0.39 is 0 Å². The molecule has 0 unspecified atom stereocenters. The molecule has 3 rings (SSSR count). The minimum Gasteiger partial charge on any atom is -0.469 e. The molecule has 1 saturated heterocycles. The van der Waals surface area contributed by atoms with Crippen LogP contribution in [0.1, 0.15) is 18.4 Å². The van der Waals surface area contributed by atoms with E-state index in [1.165, 1.54) is 23.8 Å². The Morgan fingerprint density at radius 1 is 1.44 bits per heavy atom. The van der Waals surface area contributed by atoms with Crippen molar-refractivity contribution in [2.75, 3.05) is 20.4 Å². The highest BCUT2D eigenvalue weighted by atomic mass is 79.9. The predicted molar refractivity (Wildman–Crippen MR) is 101 cm³/mol. The summed E-state index contributed by atoms with van der Waals surface area (Å²) in [5, 5.41) is 0. The highest BCUT2D eigenvalue weighted by Gasteiger charge is 2.32. The van der Waals surface area contributed by atoms with Gasteiger partial charge in [-0.2, -0.15) is 0 Å². The van der Waals surface area contributed by atoms with E-state index in [-0.39, 0.29) is 25.1 Å². The topological polar surface area (TPSA) is 65.1 Å². The smallest absolute Gasteiger partial charge is 0.305 e. The summed E-state index contributed by atoms with van der Waals surface area (Å²) in [6.07, 6.45) is 2.52. The van der Waals surface area contributed by atoms with Gasteiger partial charge in [-0.3, -0.25) is 14.5 Å². The molecule has 0 radical (unpaired) electrons. The molecule has 0 bridgehead atoms. The molecule has 0 saturated carbocycles. The van der Waals surface area contributed by atoms with Crippen LogP contribution in [0, 0.1) is 0 Å². The first-order valence-electron chi connectivity index (χ1n) is 7.41. The van der Waals surface area contributed by atoms with Crippen LogP contribution in [-0.4, -0.2) is 41.5 Å². The monoisotopic (exact) mass is 443 g/mol. The van der Waals surface area contributed by atoms with Crippen molar-refractivity contribution in [2.45, 2.75) is 12.8 Å². The van der Waals surface area contributed by atoms with Crippen LogP contribution in [0.15, 0.2) is 21.5 Å². The minimum atomic E-state index is -0.301. The van der Waals surface area contributed by atoms with Crippen LogP contribution in [-0.2, 0) is 14.3 Å². The molecule has 2 heterocycles. The lowest BCUT2D eigenvalue weighted by atomic mass is 10.2. The van der Waals surface area contributed by atoms with Crippen molar-refractivity contribution in [1.82, 2.24) is 4.90 Å². The van der Waals surface area contributed by atoms with Gasteiger partial charge in [0.15, 0.2) is 11.5 Å². The fourth-order valence-corrected chi connectivity index (χ4v) is 4.10. The van der Waals surface area contributed by atoms with E-state index in [1.807, 2.05) is 12.1 Å². The summed E-state index contributed by atoms with van der Waals surface area (Å²) in [6.45, 7) is 0.576. The molecule has 0 N–H and O–H groups in total. The van der Waals surface area contributed by atoms with Crippen LogP contribution in [0.2, 0.25) is 0 Å². The SMILES string of the molecule is COC(=O)CCCN1C(=O)C(=Cc2cc3c(cc2Br)OCO3)SC1=S. The van der Waals surface area contributed by atoms with Crippen LogP contribution < -0.4 is 9.47 Å². The van der Waals surface area contributed by atoms with Crippen LogP contribution >= 0.6 is 39.9 Å². The second kappa shape index (κ2) is 7.76. The number of amides is 1. The summed E-state index contributed by atoms with van der Waals surface area (Å²) < 4.78 is 16.6. The van der Waals surface area contributed by atoms with Crippen molar-refractivity contribution in [3.05, 3.63) is 27.1 Å². The number of ether oxygens (including phenoxy) is 3. The first-order chi connectivity index (χ1) is 12.0. The van der Waals surface area contributed by atoms with Gasteiger partial charge in [0.1, 0.15) is 4.32 Å². The fourth-order valence-electron chi connectivity index (χ4n) is 2.36. The molecule has 0 aliphatic carbocycles. The molecule has 1 aromatic rings. The predicted octanol–water partition coefficient (Wildman–Crippen LogP) is 3.33. The second-order valence-corrected chi connectivity index (χ2v) is 7.77. The number of methoxy groups -OCH3 is 1. The maximum atomic E-state index is 12.6. The Kier molecular flexibility index (Phi) is 5.65. The summed E-state index contributed by atoms with van der Waals surface area (Å²) in [6, 6.07) is 3.63. The molecule has 2 aliphatic rings. The summed E-state index contributed by atoms with van der Waals surface area (Å²) in [7, 11) is 1.34. The molecule has 0 atom stereocenters. The molecular formula is C16H14BrNO5S2. The third kappa shape index (κ3) is 3.99. The quantitative estimate of drug-likeness (QED) is 0.392. The van der Waals surface area contributed by atoms with Gasteiger partial charge in [-0.05, 0) is 30.2 Å². The van der Waals surface area contributed by atoms with Gasteiger partial charge in [-0.1, -0.05) is 39.9 Å². The van der Waals surface area contributed by atoms with E-state index in [4.69, 9.17) is 21.7 Å². The van der Waals surface area contributed by atoms with E-state index in [9.17, 15) is 9.59 Å². The Bertz CT molecular complexity index is 780. The lowest BCUT2D eigenvalue weighted by Gasteiger charge is -2.13. The Morgan fingerprint density at radius 3 is 2.88 bits per heavy atom. The molecular weight excluding hydrogens is 430 g/mol. The zero-order chi connectivity index (χ0) is 18.0. The third-order valence-corrected chi connectivity index (χ3v) is 5.71. The van der Waals surface area contributed by atoms with Gasteiger partial charge in [0.2, 0.25) is 6.79 Å². The van der Waals surface area contributed by atoms with Crippen LogP contribution in [0.25, 0.3) is 6.08 Å². The van der Waals surface area contributed by atoms with Crippen molar-refractivity contribution in [1.29, 1.82) is 0 Å². The van der Waals surface area contributed by atoms with Gasteiger partial charge in [0.25, 0.3) is 5.91 Å². The van der Waals surface area contributed by atoms with Gasteiger partial charge >= 0.3 is 5.97 Å². The van der Waals surface area contributed by atoms with Crippen molar-refractivity contribution in [3.8, 4) is 11.5 Å². The number of esters is 1. The van der Waals surface area contributed by atoms with Crippen molar-refractivity contribution in [2.24, 2.45) is 0 Å². The lowest BCUT2D eigenvalue weighted by Crippen LogP contribution is -2.29. The number of nitrogens with zero attached hydrogens (tertiary/aromatic N) is 1. The highest BCUT2D eigenvalue weighted by Crippen LogP contribution is 2.40. The van der Waals surface area contributed by atoms with E-state index in [0.717, 1.165) is 10.0 Å². The zero-order valence-electron chi connectivity index (χ0n) is 13.2. The molecule has 0 spiro atoms. The van der Waals surface area contributed by atoms with Gasteiger partial charge in [-0.25, -0.2) is 0 Å². The minimum absolute atomic E-state index is 0.163. The Morgan fingerprint density at radius 2 is 2.16 bits per heavy atom. The molecule has 1 aromatic carbocycles. The second-order valence-electron chi connectivity index (χ2n) is 5.24. The molecule has 2 aliphatic heterocycles. The normalized spacial score (nSPS) is 17.5. The Balaban J connectivity index is 1.73. The number of thiocarbonyl (C=S) groups is 1. The highest BCUT2D eigenvalue weighted by molar-refractivity contribution is 9.10. The van der Waals surface area contributed by atoms with Gasteiger partial charge in [-0.15, -0.1) is 0 Å². The first-order valence-corrected chi connectivity index (χ1v) is 9.42. The van der Waals surface area contributed by atoms with E-state index in [2.05, 4.69) is 20.7 Å². The largest absolute Gasteiger partial charge is 0.469 e. The number of carbonyl (C=O) groups excluding carboxylic acids is 2. The average molecular weight is 444 g/mol. The number of benzene rings is 1. The number of hydrogen-bond acceptors (Lipinski definition) is 7. The zero-order valence-corrected chi connectivity index (χ0v) is 16.5. The van der Waals surface area contributed by atoms with Gasteiger partial charge < -0.3 is 14.2 Å². The van der Waals surface area contributed by atoms with E-state index in [0.29, 0.717) is 33.7 Å². The summed E-state index contributed by atoms with van der Waals surface area (Å²) in [5.74, 6) is 0.845. The van der Waals surface area contributed by atoms with Gasteiger partial charge in [0, 0.05) is 17.4 Å². The third-order valence-electron chi connectivity index (χ3n) is 3.64. The fraction of sp³-hybridized carbons (Fsp3) is 0.312. The average Bonchev–Trinajstić information content (AvgIpc) is 3.13. The van der Waals surface area contributed by atoms with E-state index in [1.54, 1.807) is 6.08 Å². The molecule has 1 fully saturated rings. The molecule has 9 heteroatoms. The van der Waals surface area contributed by atoms with Crippen molar-refractivity contribution >= 4 is 62.2 Å². The molecule has 6 nitrogen and oxygen atoms in total. The number of thioether (sulfide) groups is 1. The summed E-state index contributed by atoms with van der Waals surface area (Å²) in [5.41, 5.74) is 0.805. The molecule has 1 amide bonds. The van der Waals surface area contributed by atoms with Crippen LogP contribution in [0.4, 0.5) is 0 Å². The van der Waals surface area contributed by atoms with Gasteiger partial charge in [0.05, 0.1) is 12.0 Å². The Labute approximate surface area is 162 Å². The summed E-state index contributed by atoms with van der Waals surface area (Å²) >= 11 is 10.0. The summed E-state index contributed by atoms with van der Waals surface area (Å²) in [4.78, 5) is 25.8. The standard InChI is InChI=1S/C16H14BrNO5S2/c1-21-14(19)3-2-4-18-15(20)13(25-16(18)24)6-9-5-11-12(7-10(9)17)23-8-22-11/h5-7H,2-4,8H2,1H3. The number of hydrogen-bond donors (Lipinski definition) is 0. The maximum Gasteiger partial charge on any atom is 0.305 e. The molecule has 0 aromatic heterocycles. The molecule has 132 valence electrons. The van der Waals surface area contributed by atoms with Crippen LogP contribution in [0.5, 0.6) is 11.5 Å². The number of carbonyl (C=O) groups is 2. The van der Waals surface area contributed by atoms with Crippen LogP contribution in [0.3, 0.4) is 0 Å². The number of rotatable bonds is 5. The number of fused-ring (bicyclic) bond motifs is 1. The van der Waals surface area contributed by atoms with Crippen molar-refractivity contribution in [3.63, 3.8) is 0 Å².